The van der Waals surface area contributed by atoms with Crippen molar-refractivity contribution in [1.29, 1.82) is 0 Å². The fourth-order valence-corrected chi connectivity index (χ4v) is 3.65. The van der Waals surface area contributed by atoms with E-state index < -0.39 is 0 Å². The van der Waals surface area contributed by atoms with Crippen molar-refractivity contribution in [3.8, 4) is 0 Å². The van der Waals surface area contributed by atoms with Gasteiger partial charge in [0.05, 0.1) is 0 Å². The Labute approximate surface area is 169 Å². The molecule has 1 N–H and O–H groups in total. The van der Waals surface area contributed by atoms with Crippen LogP contribution in [0.1, 0.15) is 12.5 Å². The second-order valence-corrected chi connectivity index (χ2v) is 7.17. The van der Waals surface area contributed by atoms with E-state index in [1.165, 1.54) is 37.4 Å². The maximum absolute atomic E-state index is 4.51. The zero-order valence-corrected chi connectivity index (χ0v) is 18.1. The van der Waals surface area contributed by atoms with E-state index in [1.807, 2.05) is 7.05 Å². The topological polar surface area (TPSA) is 34.1 Å². The average molecular weight is 457 g/mol. The molecule has 3 rings (SSSR count). The summed E-state index contributed by atoms with van der Waals surface area (Å²) in [6, 6.07) is 8.65. The Morgan fingerprint density at radius 1 is 1.16 bits per heavy atom. The van der Waals surface area contributed by atoms with Crippen molar-refractivity contribution >= 4 is 35.6 Å². The number of para-hydroxylation sites is 1. The molecule has 140 valence electrons. The molecule has 1 aromatic carbocycles. The first kappa shape index (κ1) is 20.5. The van der Waals surface area contributed by atoms with E-state index in [-0.39, 0.29) is 24.0 Å². The number of likely N-dealkylation sites (N-methyl/N-ethyl adjacent to an activating group) is 1. The van der Waals surface area contributed by atoms with Gasteiger partial charge in [-0.3, -0.25) is 4.99 Å². The van der Waals surface area contributed by atoms with E-state index >= 15 is 0 Å². The summed E-state index contributed by atoms with van der Waals surface area (Å²) in [6.45, 7) is 10.2. The number of anilines is 1. The molecule has 2 aliphatic rings. The van der Waals surface area contributed by atoms with Crippen LogP contribution in [0.25, 0.3) is 0 Å². The number of benzene rings is 1. The van der Waals surface area contributed by atoms with Gasteiger partial charge in [0.15, 0.2) is 5.96 Å². The highest BCUT2D eigenvalue weighted by atomic mass is 127. The Kier molecular flexibility index (Phi) is 7.96. The van der Waals surface area contributed by atoms with E-state index in [4.69, 9.17) is 0 Å². The zero-order valence-electron chi connectivity index (χ0n) is 15.7. The highest BCUT2D eigenvalue weighted by molar-refractivity contribution is 14.0. The number of piperazine rings is 1. The van der Waals surface area contributed by atoms with Gasteiger partial charge in [-0.1, -0.05) is 25.1 Å². The minimum absolute atomic E-state index is 0. The van der Waals surface area contributed by atoms with Crippen molar-refractivity contribution in [2.45, 2.75) is 13.3 Å². The van der Waals surface area contributed by atoms with E-state index in [0.717, 1.165) is 32.0 Å². The van der Waals surface area contributed by atoms with Gasteiger partial charge < -0.3 is 20.0 Å². The molecule has 0 spiro atoms. The number of guanidine groups is 1. The molecule has 0 amide bonds. The quantitative estimate of drug-likeness (QED) is 0.427. The molecule has 6 heteroatoms. The standard InChI is InChI=1S/C19H31N5.HI/c1-16(15-23-12-10-22(3)11-13-23)14-21-19(20-2)24-9-8-17-6-4-5-7-18(17)24;/h4-7,16H,8-15H2,1-3H3,(H,20,21);1H. The van der Waals surface area contributed by atoms with Crippen LogP contribution in [0.3, 0.4) is 0 Å². The normalized spacial score (nSPS) is 20.1. The summed E-state index contributed by atoms with van der Waals surface area (Å²) >= 11 is 0. The fraction of sp³-hybridized carbons (Fsp3) is 0.632. The van der Waals surface area contributed by atoms with Crippen LogP contribution in [-0.2, 0) is 6.42 Å². The molecule has 1 saturated heterocycles. The van der Waals surface area contributed by atoms with Crippen molar-refractivity contribution in [2.24, 2.45) is 10.9 Å². The third-order valence-electron chi connectivity index (χ3n) is 5.13. The average Bonchev–Trinajstić information content (AvgIpc) is 3.02. The number of nitrogens with one attached hydrogen (secondary N) is 1. The van der Waals surface area contributed by atoms with Crippen molar-refractivity contribution < 1.29 is 0 Å². The highest BCUT2D eigenvalue weighted by Crippen LogP contribution is 2.27. The Bertz CT molecular complexity index is 569. The number of rotatable bonds is 4. The molecular formula is C19H32IN5. The Morgan fingerprint density at radius 2 is 1.88 bits per heavy atom. The van der Waals surface area contributed by atoms with Crippen molar-refractivity contribution in [1.82, 2.24) is 15.1 Å². The van der Waals surface area contributed by atoms with E-state index in [9.17, 15) is 0 Å². The Balaban J connectivity index is 0.00000225. The van der Waals surface area contributed by atoms with Crippen LogP contribution < -0.4 is 10.2 Å². The predicted octanol–water partition coefficient (Wildman–Crippen LogP) is 2.13. The molecule has 1 atom stereocenters. The van der Waals surface area contributed by atoms with Gasteiger partial charge in [-0.25, -0.2) is 0 Å². The molecule has 25 heavy (non-hydrogen) atoms. The predicted molar refractivity (Wildman–Crippen MR) is 117 cm³/mol. The van der Waals surface area contributed by atoms with Gasteiger partial charge in [-0.15, -0.1) is 24.0 Å². The third kappa shape index (κ3) is 5.31. The summed E-state index contributed by atoms with van der Waals surface area (Å²) in [7, 11) is 4.09. The van der Waals surface area contributed by atoms with Gasteiger partial charge in [-0.2, -0.15) is 0 Å². The minimum Gasteiger partial charge on any atom is -0.356 e. The number of halogens is 1. The summed E-state index contributed by atoms with van der Waals surface area (Å²) in [5.74, 6) is 1.62. The summed E-state index contributed by atoms with van der Waals surface area (Å²) < 4.78 is 0. The van der Waals surface area contributed by atoms with Gasteiger partial charge >= 0.3 is 0 Å². The van der Waals surface area contributed by atoms with Crippen LogP contribution in [0.4, 0.5) is 5.69 Å². The van der Waals surface area contributed by atoms with Crippen molar-refractivity contribution in [3.63, 3.8) is 0 Å². The summed E-state index contributed by atoms with van der Waals surface area (Å²) in [4.78, 5) is 11.8. The largest absolute Gasteiger partial charge is 0.356 e. The molecule has 1 unspecified atom stereocenters. The van der Waals surface area contributed by atoms with E-state index in [2.05, 4.69) is 63.2 Å². The molecule has 1 aromatic rings. The maximum atomic E-state index is 4.51. The molecule has 0 radical (unpaired) electrons. The lowest BCUT2D eigenvalue weighted by Crippen LogP contribution is -2.48. The number of fused-ring (bicyclic) bond motifs is 1. The molecule has 0 bridgehead atoms. The Morgan fingerprint density at radius 3 is 2.60 bits per heavy atom. The third-order valence-corrected chi connectivity index (χ3v) is 5.13. The van der Waals surface area contributed by atoms with Gasteiger partial charge in [0.25, 0.3) is 0 Å². The monoisotopic (exact) mass is 457 g/mol. The molecule has 5 nitrogen and oxygen atoms in total. The highest BCUT2D eigenvalue weighted by Gasteiger charge is 2.23. The lowest BCUT2D eigenvalue weighted by Gasteiger charge is -2.34. The molecule has 1 fully saturated rings. The van der Waals surface area contributed by atoms with Crippen LogP contribution in [0.5, 0.6) is 0 Å². The first-order chi connectivity index (χ1) is 11.7. The zero-order chi connectivity index (χ0) is 16.9. The summed E-state index contributed by atoms with van der Waals surface area (Å²) in [5.41, 5.74) is 2.73. The number of hydrogen-bond donors (Lipinski definition) is 1. The summed E-state index contributed by atoms with van der Waals surface area (Å²) in [6.07, 6.45) is 1.10. The van der Waals surface area contributed by atoms with Crippen molar-refractivity contribution in [2.75, 3.05) is 64.8 Å². The number of hydrogen-bond acceptors (Lipinski definition) is 3. The molecule has 0 aromatic heterocycles. The van der Waals surface area contributed by atoms with Crippen LogP contribution >= 0.6 is 24.0 Å². The van der Waals surface area contributed by atoms with Crippen LogP contribution in [0.2, 0.25) is 0 Å². The first-order valence-electron chi connectivity index (χ1n) is 9.14. The lowest BCUT2D eigenvalue weighted by molar-refractivity contribution is 0.139. The molecule has 0 aliphatic carbocycles. The maximum Gasteiger partial charge on any atom is 0.198 e. The van der Waals surface area contributed by atoms with Crippen LogP contribution in [0.15, 0.2) is 29.3 Å². The van der Waals surface area contributed by atoms with Gasteiger partial charge in [0.1, 0.15) is 0 Å². The van der Waals surface area contributed by atoms with Gasteiger partial charge in [0, 0.05) is 58.5 Å². The van der Waals surface area contributed by atoms with E-state index in [1.54, 1.807) is 0 Å². The second kappa shape index (κ2) is 9.73. The minimum atomic E-state index is 0. The van der Waals surface area contributed by atoms with Crippen molar-refractivity contribution in [3.05, 3.63) is 29.8 Å². The van der Waals surface area contributed by atoms with E-state index in [0.29, 0.717) is 5.92 Å². The molecular weight excluding hydrogens is 425 g/mol. The first-order valence-corrected chi connectivity index (χ1v) is 9.14. The molecule has 0 saturated carbocycles. The lowest BCUT2D eigenvalue weighted by atomic mass is 10.1. The fourth-order valence-electron chi connectivity index (χ4n) is 3.65. The second-order valence-electron chi connectivity index (χ2n) is 7.17. The van der Waals surface area contributed by atoms with Crippen LogP contribution in [-0.4, -0.2) is 75.7 Å². The smallest absolute Gasteiger partial charge is 0.198 e. The van der Waals surface area contributed by atoms with Crippen LogP contribution in [0, 0.1) is 5.92 Å². The Hall–Kier alpha value is -0.860. The molecule has 2 heterocycles. The van der Waals surface area contributed by atoms with Gasteiger partial charge in [0.2, 0.25) is 0 Å². The molecule has 2 aliphatic heterocycles. The SMILES string of the molecule is CN=C(NCC(C)CN1CCN(C)CC1)N1CCc2ccccc21.I. The summed E-state index contributed by atoms with van der Waals surface area (Å²) in [5, 5.41) is 3.59. The van der Waals surface area contributed by atoms with Gasteiger partial charge in [-0.05, 0) is 31.0 Å². The number of nitrogens with zero attached hydrogens (tertiary/aromatic N) is 4. The number of aliphatic imine (C=N–C) groups is 1.